The summed E-state index contributed by atoms with van der Waals surface area (Å²) in [5.74, 6) is 0.684. The van der Waals surface area contributed by atoms with E-state index in [0.717, 1.165) is 37.6 Å². The number of primary amides is 1. The van der Waals surface area contributed by atoms with Crippen molar-refractivity contribution in [2.45, 2.75) is 0 Å². The first-order valence-electron chi connectivity index (χ1n) is 6.30. The predicted molar refractivity (Wildman–Crippen MR) is 76.3 cm³/mol. The molecule has 20 heavy (non-hydrogen) atoms. The van der Waals surface area contributed by atoms with Gasteiger partial charge in [0.2, 0.25) is 0 Å². The lowest BCUT2D eigenvalue weighted by molar-refractivity contribution is 0.122. The van der Waals surface area contributed by atoms with Crippen molar-refractivity contribution in [1.82, 2.24) is 5.43 Å². The average molecular weight is 278 g/mol. The van der Waals surface area contributed by atoms with Crippen LogP contribution in [0.15, 0.2) is 23.3 Å². The number of ether oxygens (including phenoxy) is 2. The topological polar surface area (TPSA) is 89.2 Å². The molecule has 0 bridgehead atoms. The summed E-state index contributed by atoms with van der Waals surface area (Å²) < 4.78 is 10.7. The minimum Gasteiger partial charge on any atom is -0.496 e. The highest BCUT2D eigenvalue weighted by Gasteiger charge is 2.13. The van der Waals surface area contributed by atoms with Crippen LogP contribution in [-0.2, 0) is 4.74 Å². The maximum Gasteiger partial charge on any atom is 0.332 e. The number of carbonyl (C=O) groups is 1. The molecular weight excluding hydrogens is 260 g/mol. The van der Waals surface area contributed by atoms with Gasteiger partial charge in [-0.05, 0) is 12.1 Å². The van der Waals surface area contributed by atoms with Gasteiger partial charge in [0.1, 0.15) is 5.75 Å². The molecule has 0 aliphatic carbocycles. The number of hydrogen-bond donors (Lipinski definition) is 2. The van der Waals surface area contributed by atoms with E-state index in [2.05, 4.69) is 15.4 Å². The normalized spacial score (nSPS) is 15.3. The number of methoxy groups -OCH3 is 1. The molecule has 1 aromatic rings. The largest absolute Gasteiger partial charge is 0.496 e. The maximum atomic E-state index is 10.6. The van der Waals surface area contributed by atoms with Gasteiger partial charge in [0.15, 0.2) is 0 Å². The highest BCUT2D eigenvalue weighted by Crippen LogP contribution is 2.25. The van der Waals surface area contributed by atoms with Gasteiger partial charge in [-0.15, -0.1) is 0 Å². The SMILES string of the molecule is COc1cc(N2CCOCC2)ccc1/C=N\NC(N)=O. The average Bonchev–Trinajstić information content (AvgIpc) is 2.48. The van der Waals surface area contributed by atoms with Gasteiger partial charge < -0.3 is 20.1 Å². The molecular formula is C13H18N4O3. The molecule has 3 N–H and O–H groups in total. The summed E-state index contributed by atoms with van der Waals surface area (Å²) >= 11 is 0. The molecule has 0 unspecified atom stereocenters. The third-order valence-electron chi connectivity index (χ3n) is 2.97. The number of benzene rings is 1. The third kappa shape index (κ3) is 3.61. The molecule has 1 aliphatic rings. The van der Waals surface area contributed by atoms with Gasteiger partial charge in [-0.2, -0.15) is 5.10 Å². The summed E-state index contributed by atoms with van der Waals surface area (Å²) in [4.78, 5) is 12.8. The Kier molecular flexibility index (Phi) is 4.78. The van der Waals surface area contributed by atoms with E-state index in [0.29, 0.717) is 5.75 Å². The lowest BCUT2D eigenvalue weighted by Gasteiger charge is -2.29. The molecule has 0 saturated carbocycles. The highest BCUT2D eigenvalue weighted by molar-refractivity contribution is 5.85. The molecule has 0 aromatic heterocycles. The first kappa shape index (κ1) is 14.1. The lowest BCUT2D eigenvalue weighted by Crippen LogP contribution is -2.36. The molecule has 2 amide bonds. The fourth-order valence-electron chi connectivity index (χ4n) is 1.99. The van der Waals surface area contributed by atoms with Crippen molar-refractivity contribution in [2.24, 2.45) is 10.8 Å². The fraction of sp³-hybridized carbons (Fsp3) is 0.385. The van der Waals surface area contributed by atoms with Gasteiger partial charge in [0.05, 0.1) is 26.5 Å². The molecule has 7 heteroatoms. The molecule has 108 valence electrons. The Hall–Kier alpha value is -2.28. The summed E-state index contributed by atoms with van der Waals surface area (Å²) in [6, 6.07) is 5.11. The van der Waals surface area contributed by atoms with Gasteiger partial charge in [0, 0.05) is 30.4 Å². The number of urea groups is 1. The third-order valence-corrected chi connectivity index (χ3v) is 2.97. The number of anilines is 1. The molecule has 0 spiro atoms. The van der Waals surface area contributed by atoms with E-state index in [1.807, 2.05) is 18.2 Å². The summed E-state index contributed by atoms with van der Waals surface area (Å²) in [6.07, 6.45) is 1.49. The second-order valence-electron chi connectivity index (χ2n) is 4.26. The zero-order valence-corrected chi connectivity index (χ0v) is 11.3. The molecule has 0 atom stereocenters. The Morgan fingerprint density at radius 1 is 1.50 bits per heavy atom. The van der Waals surface area contributed by atoms with Crippen LogP contribution in [0.5, 0.6) is 5.75 Å². The van der Waals surface area contributed by atoms with Crippen molar-refractivity contribution in [2.75, 3.05) is 38.3 Å². The smallest absolute Gasteiger partial charge is 0.332 e. The van der Waals surface area contributed by atoms with Crippen molar-refractivity contribution in [3.63, 3.8) is 0 Å². The highest BCUT2D eigenvalue weighted by atomic mass is 16.5. The van der Waals surface area contributed by atoms with E-state index in [4.69, 9.17) is 15.2 Å². The number of nitrogens with two attached hydrogens (primary N) is 1. The summed E-state index contributed by atoms with van der Waals surface area (Å²) in [7, 11) is 1.59. The van der Waals surface area contributed by atoms with Crippen molar-refractivity contribution in [3.8, 4) is 5.75 Å². The minimum atomic E-state index is -0.704. The second kappa shape index (κ2) is 6.76. The molecule has 0 radical (unpaired) electrons. The Bertz CT molecular complexity index is 498. The van der Waals surface area contributed by atoms with Crippen LogP contribution in [0.25, 0.3) is 0 Å². The van der Waals surface area contributed by atoms with Gasteiger partial charge in [-0.1, -0.05) is 0 Å². The van der Waals surface area contributed by atoms with Crippen LogP contribution >= 0.6 is 0 Å². The number of carbonyl (C=O) groups excluding carboxylic acids is 1. The fourth-order valence-corrected chi connectivity index (χ4v) is 1.99. The summed E-state index contributed by atoms with van der Waals surface area (Å²) in [5.41, 5.74) is 8.92. The minimum absolute atomic E-state index is 0.684. The van der Waals surface area contributed by atoms with Crippen LogP contribution in [0.3, 0.4) is 0 Å². The standard InChI is InChI=1S/C13H18N4O3/c1-19-12-8-11(17-4-6-20-7-5-17)3-2-10(12)9-15-16-13(14)18/h2-3,8-9H,4-7H2,1H3,(H3,14,16,18)/b15-9-. The molecule has 1 aromatic carbocycles. The summed E-state index contributed by atoms with van der Waals surface area (Å²) in [5, 5.41) is 3.73. The van der Waals surface area contributed by atoms with Gasteiger partial charge in [0.25, 0.3) is 0 Å². The number of amides is 2. The molecule has 7 nitrogen and oxygen atoms in total. The second-order valence-corrected chi connectivity index (χ2v) is 4.26. The first-order chi connectivity index (χ1) is 9.70. The number of morpholine rings is 1. The van der Waals surface area contributed by atoms with E-state index in [1.165, 1.54) is 6.21 Å². The monoisotopic (exact) mass is 278 g/mol. The molecule has 1 fully saturated rings. The Balaban J connectivity index is 2.14. The zero-order chi connectivity index (χ0) is 14.4. The maximum absolute atomic E-state index is 10.6. The van der Waals surface area contributed by atoms with Crippen LogP contribution in [0, 0.1) is 0 Å². The Morgan fingerprint density at radius 2 is 2.25 bits per heavy atom. The van der Waals surface area contributed by atoms with Gasteiger partial charge >= 0.3 is 6.03 Å². The van der Waals surface area contributed by atoms with E-state index >= 15 is 0 Å². The Labute approximate surface area is 117 Å². The summed E-state index contributed by atoms with van der Waals surface area (Å²) in [6.45, 7) is 3.18. The number of hydrogen-bond acceptors (Lipinski definition) is 5. The van der Waals surface area contributed by atoms with E-state index < -0.39 is 6.03 Å². The number of nitrogens with one attached hydrogen (secondary N) is 1. The lowest BCUT2D eigenvalue weighted by atomic mass is 10.1. The zero-order valence-electron chi connectivity index (χ0n) is 11.3. The quantitative estimate of drug-likeness (QED) is 0.621. The van der Waals surface area contributed by atoms with Gasteiger partial charge in [-0.3, -0.25) is 0 Å². The van der Waals surface area contributed by atoms with Crippen LogP contribution in [0.1, 0.15) is 5.56 Å². The molecule has 2 rings (SSSR count). The van der Waals surface area contributed by atoms with E-state index in [1.54, 1.807) is 7.11 Å². The molecule has 1 aliphatic heterocycles. The van der Waals surface area contributed by atoms with Crippen molar-refractivity contribution < 1.29 is 14.3 Å². The first-order valence-corrected chi connectivity index (χ1v) is 6.30. The van der Waals surface area contributed by atoms with Crippen LogP contribution in [-0.4, -0.2) is 45.7 Å². The van der Waals surface area contributed by atoms with Crippen LogP contribution in [0.2, 0.25) is 0 Å². The van der Waals surface area contributed by atoms with Crippen LogP contribution < -0.4 is 20.8 Å². The predicted octanol–water partition coefficient (Wildman–Crippen LogP) is 0.534. The van der Waals surface area contributed by atoms with Crippen LogP contribution in [0.4, 0.5) is 10.5 Å². The Morgan fingerprint density at radius 3 is 2.90 bits per heavy atom. The van der Waals surface area contributed by atoms with Crippen molar-refractivity contribution >= 4 is 17.9 Å². The number of nitrogens with zero attached hydrogens (tertiary/aromatic N) is 2. The molecule has 1 heterocycles. The van der Waals surface area contributed by atoms with E-state index in [9.17, 15) is 4.79 Å². The van der Waals surface area contributed by atoms with E-state index in [-0.39, 0.29) is 0 Å². The van der Waals surface area contributed by atoms with Crippen molar-refractivity contribution in [1.29, 1.82) is 0 Å². The number of rotatable bonds is 4. The van der Waals surface area contributed by atoms with Crippen molar-refractivity contribution in [3.05, 3.63) is 23.8 Å². The number of hydrazone groups is 1. The molecule has 1 saturated heterocycles. The van der Waals surface area contributed by atoms with Gasteiger partial charge in [-0.25, -0.2) is 10.2 Å².